The van der Waals surface area contributed by atoms with Crippen LogP contribution in [0.25, 0.3) is 0 Å². The first kappa shape index (κ1) is 8.97. The van der Waals surface area contributed by atoms with Gasteiger partial charge in [-0.25, -0.2) is 0 Å². The predicted octanol–water partition coefficient (Wildman–Crippen LogP) is 0.101. The number of nitrogens with one attached hydrogen (secondary N) is 1. The summed E-state index contributed by atoms with van der Waals surface area (Å²) in [7, 11) is 1.96. The fourth-order valence-electron chi connectivity index (χ4n) is 1.37. The summed E-state index contributed by atoms with van der Waals surface area (Å²) in [5.74, 6) is 0. The van der Waals surface area contributed by atoms with Crippen LogP contribution in [-0.2, 0) is 4.74 Å². The van der Waals surface area contributed by atoms with Gasteiger partial charge < -0.3 is 15.8 Å². The number of ether oxygens (including phenoxy) is 1. The van der Waals surface area contributed by atoms with E-state index in [-0.39, 0.29) is 6.04 Å². The number of rotatable bonds is 2. The summed E-state index contributed by atoms with van der Waals surface area (Å²) >= 11 is 0. The Morgan fingerprint density at radius 1 is 1.55 bits per heavy atom. The Bertz CT molecular complexity index is 111. The van der Waals surface area contributed by atoms with Crippen LogP contribution in [0.15, 0.2) is 0 Å². The standard InChI is InChI=1S/C8H18N2O/c1-6(10-2)8-4-3-7(9)5-11-8/h6-8,10H,3-5,9H2,1-2H3/t6?,7-,8+/m1/s1. The summed E-state index contributed by atoms with van der Waals surface area (Å²) in [6.07, 6.45) is 2.54. The molecular weight excluding hydrogens is 140 g/mol. The lowest BCUT2D eigenvalue weighted by Gasteiger charge is -2.30. The van der Waals surface area contributed by atoms with E-state index in [1.165, 1.54) is 0 Å². The predicted molar refractivity (Wildman–Crippen MR) is 45.5 cm³/mol. The summed E-state index contributed by atoms with van der Waals surface area (Å²) in [5, 5.41) is 3.18. The van der Waals surface area contributed by atoms with Crippen molar-refractivity contribution in [3.63, 3.8) is 0 Å². The van der Waals surface area contributed by atoms with E-state index in [0.29, 0.717) is 12.1 Å². The zero-order valence-electron chi connectivity index (χ0n) is 7.34. The molecule has 3 heteroatoms. The Kier molecular flexibility index (Phi) is 3.30. The third-order valence-electron chi connectivity index (χ3n) is 2.36. The third kappa shape index (κ3) is 2.43. The molecule has 1 aliphatic heterocycles. The lowest BCUT2D eigenvalue weighted by Crippen LogP contribution is -2.44. The summed E-state index contributed by atoms with van der Waals surface area (Å²) < 4.78 is 5.56. The van der Waals surface area contributed by atoms with Gasteiger partial charge >= 0.3 is 0 Å². The van der Waals surface area contributed by atoms with E-state index in [4.69, 9.17) is 10.5 Å². The minimum Gasteiger partial charge on any atom is -0.375 e. The van der Waals surface area contributed by atoms with Crippen molar-refractivity contribution in [2.45, 2.75) is 38.0 Å². The zero-order valence-corrected chi connectivity index (χ0v) is 7.34. The van der Waals surface area contributed by atoms with E-state index in [1.54, 1.807) is 0 Å². The Labute approximate surface area is 68.3 Å². The highest BCUT2D eigenvalue weighted by atomic mass is 16.5. The molecule has 0 aromatic carbocycles. The maximum Gasteiger partial charge on any atom is 0.0726 e. The van der Waals surface area contributed by atoms with Gasteiger partial charge in [-0.1, -0.05) is 0 Å². The fraction of sp³-hybridized carbons (Fsp3) is 1.00. The molecule has 3 atom stereocenters. The van der Waals surface area contributed by atoms with Crippen LogP contribution in [-0.4, -0.2) is 31.8 Å². The van der Waals surface area contributed by atoms with Crippen molar-refractivity contribution in [3.05, 3.63) is 0 Å². The first-order valence-corrected chi connectivity index (χ1v) is 4.28. The van der Waals surface area contributed by atoms with Crippen LogP contribution in [0.1, 0.15) is 19.8 Å². The molecule has 3 nitrogen and oxygen atoms in total. The van der Waals surface area contributed by atoms with Crippen LogP contribution in [0.2, 0.25) is 0 Å². The number of hydrogen-bond acceptors (Lipinski definition) is 3. The summed E-state index contributed by atoms with van der Waals surface area (Å²) in [5.41, 5.74) is 5.69. The van der Waals surface area contributed by atoms with Crippen molar-refractivity contribution in [3.8, 4) is 0 Å². The molecular formula is C8H18N2O. The topological polar surface area (TPSA) is 47.3 Å². The molecule has 1 unspecified atom stereocenters. The van der Waals surface area contributed by atoms with Gasteiger partial charge in [0.25, 0.3) is 0 Å². The highest BCUT2D eigenvalue weighted by Gasteiger charge is 2.22. The highest BCUT2D eigenvalue weighted by molar-refractivity contribution is 4.78. The second-order valence-corrected chi connectivity index (χ2v) is 3.29. The second kappa shape index (κ2) is 4.04. The maximum absolute atomic E-state index is 5.69. The third-order valence-corrected chi connectivity index (χ3v) is 2.36. The van der Waals surface area contributed by atoms with Crippen LogP contribution < -0.4 is 11.1 Å². The number of likely N-dealkylation sites (N-methyl/N-ethyl adjacent to an activating group) is 1. The minimum atomic E-state index is 0.260. The molecule has 3 N–H and O–H groups in total. The molecule has 1 saturated heterocycles. The van der Waals surface area contributed by atoms with E-state index in [2.05, 4.69) is 12.2 Å². The van der Waals surface area contributed by atoms with Gasteiger partial charge in [-0.3, -0.25) is 0 Å². The van der Waals surface area contributed by atoms with E-state index in [0.717, 1.165) is 19.4 Å². The largest absolute Gasteiger partial charge is 0.375 e. The van der Waals surface area contributed by atoms with Crippen LogP contribution in [0.3, 0.4) is 0 Å². The molecule has 0 radical (unpaired) electrons. The van der Waals surface area contributed by atoms with Crippen molar-refractivity contribution in [2.75, 3.05) is 13.7 Å². The average Bonchev–Trinajstić information content (AvgIpc) is 2.05. The van der Waals surface area contributed by atoms with Crippen LogP contribution in [0.4, 0.5) is 0 Å². The van der Waals surface area contributed by atoms with Gasteiger partial charge in [-0.05, 0) is 26.8 Å². The van der Waals surface area contributed by atoms with Crippen LogP contribution >= 0.6 is 0 Å². The summed E-state index contributed by atoms with van der Waals surface area (Å²) in [4.78, 5) is 0. The molecule has 1 aliphatic rings. The molecule has 0 saturated carbocycles. The highest BCUT2D eigenvalue weighted by Crippen LogP contribution is 2.14. The van der Waals surface area contributed by atoms with Crippen molar-refractivity contribution < 1.29 is 4.74 Å². The molecule has 0 amide bonds. The zero-order chi connectivity index (χ0) is 8.27. The average molecular weight is 158 g/mol. The Hall–Kier alpha value is -0.120. The molecule has 1 rings (SSSR count). The molecule has 66 valence electrons. The van der Waals surface area contributed by atoms with Crippen molar-refractivity contribution >= 4 is 0 Å². The maximum atomic E-state index is 5.69. The summed E-state index contributed by atoms with van der Waals surface area (Å²) in [6.45, 7) is 2.86. The first-order valence-electron chi connectivity index (χ1n) is 4.28. The summed E-state index contributed by atoms with van der Waals surface area (Å²) in [6, 6.07) is 0.706. The number of nitrogens with two attached hydrogens (primary N) is 1. The molecule has 0 aromatic rings. The quantitative estimate of drug-likeness (QED) is 0.599. The van der Waals surface area contributed by atoms with Gasteiger partial charge in [0.05, 0.1) is 12.7 Å². The minimum absolute atomic E-state index is 0.260. The number of hydrogen-bond donors (Lipinski definition) is 2. The first-order chi connectivity index (χ1) is 5.24. The lowest BCUT2D eigenvalue weighted by atomic mass is 10.0. The fourth-order valence-corrected chi connectivity index (χ4v) is 1.37. The SMILES string of the molecule is CNC(C)[C@@H]1CC[C@@H](N)CO1. The van der Waals surface area contributed by atoms with Gasteiger partial charge in [0.2, 0.25) is 0 Å². The van der Waals surface area contributed by atoms with E-state index >= 15 is 0 Å². The van der Waals surface area contributed by atoms with Gasteiger partial charge in [-0.2, -0.15) is 0 Å². The molecule has 0 bridgehead atoms. The molecule has 1 fully saturated rings. The molecule has 0 aromatic heterocycles. The van der Waals surface area contributed by atoms with E-state index < -0.39 is 0 Å². The molecule has 0 aliphatic carbocycles. The van der Waals surface area contributed by atoms with Crippen molar-refractivity contribution in [2.24, 2.45) is 5.73 Å². The van der Waals surface area contributed by atoms with Crippen LogP contribution in [0, 0.1) is 0 Å². The van der Waals surface area contributed by atoms with E-state index in [1.807, 2.05) is 7.05 Å². The lowest BCUT2D eigenvalue weighted by molar-refractivity contribution is -0.0116. The van der Waals surface area contributed by atoms with Crippen molar-refractivity contribution in [1.82, 2.24) is 5.32 Å². The second-order valence-electron chi connectivity index (χ2n) is 3.29. The monoisotopic (exact) mass is 158 g/mol. The Balaban J connectivity index is 2.27. The van der Waals surface area contributed by atoms with Gasteiger partial charge in [0.15, 0.2) is 0 Å². The molecule has 11 heavy (non-hydrogen) atoms. The molecule has 1 heterocycles. The van der Waals surface area contributed by atoms with E-state index in [9.17, 15) is 0 Å². The normalized spacial score (nSPS) is 35.2. The Morgan fingerprint density at radius 3 is 2.73 bits per heavy atom. The van der Waals surface area contributed by atoms with Gasteiger partial charge in [0.1, 0.15) is 0 Å². The van der Waals surface area contributed by atoms with Gasteiger partial charge in [0, 0.05) is 12.1 Å². The Morgan fingerprint density at radius 2 is 2.27 bits per heavy atom. The molecule has 0 spiro atoms. The van der Waals surface area contributed by atoms with Crippen LogP contribution in [0.5, 0.6) is 0 Å². The van der Waals surface area contributed by atoms with Gasteiger partial charge in [-0.15, -0.1) is 0 Å². The van der Waals surface area contributed by atoms with Crippen molar-refractivity contribution in [1.29, 1.82) is 0 Å². The smallest absolute Gasteiger partial charge is 0.0726 e.